The number of aryl methyl sites for hydroxylation is 1. The summed E-state index contributed by atoms with van der Waals surface area (Å²) in [5.74, 6) is -1.70. The average molecular weight is 493 g/mol. The molecule has 5 nitrogen and oxygen atoms in total. The van der Waals surface area contributed by atoms with Gasteiger partial charge in [-0.3, -0.25) is 14.5 Å². The van der Waals surface area contributed by atoms with Crippen molar-refractivity contribution in [2.75, 3.05) is 0 Å². The van der Waals surface area contributed by atoms with E-state index >= 15 is 8.78 Å². The normalized spacial score (nSPS) is 14.9. The van der Waals surface area contributed by atoms with Gasteiger partial charge in [0.15, 0.2) is 0 Å². The fourth-order valence-corrected chi connectivity index (χ4v) is 4.70. The Balaban J connectivity index is 1.54. The summed E-state index contributed by atoms with van der Waals surface area (Å²) >= 11 is 3.33. The maximum absolute atomic E-state index is 15.2. The first-order valence-electron chi connectivity index (χ1n) is 10.1. The van der Waals surface area contributed by atoms with Gasteiger partial charge in [0.25, 0.3) is 5.91 Å². The highest BCUT2D eigenvalue weighted by molar-refractivity contribution is 9.10. The van der Waals surface area contributed by atoms with Gasteiger partial charge >= 0.3 is 0 Å². The third-order valence-corrected chi connectivity index (χ3v) is 6.45. The van der Waals surface area contributed by atoms with E-state index in [0.29, 0.717) is 26.9 Å². The number of hydrogen-bond donors (Lipinski definition) is 0. The number of fused-ring (bicyclic) bond motifs is 2. The molecule has 158 valence electrons. The van der Waals surface area contributed by atoms with Crippen molar-refractivity contribution < 1.29 is 13.6 Å². The molecule has 4 aromatic rings. The van der Waals surface area contributed by atoms with Crippen molar-refractivity contribution in [3.63, 3.8) is 0 Å². The van der Waals surface area contributed by atoms with Crippen LogP contribution in [-0.2, 0) is 18.9 Å². The molecule has 5 rings (SSSR count). The van der Waals surface area contributed by atoms with Crippen LogP contribution in [0.2, 0.25) is 0 Å². The van der Waals surface area contributed by atoms with E-state index < -0.39 is 17.0 Å². The summed E-state index contributed by atoms with van der Waals surface area (Å²) in [7, 11) is 5.45. The zero-order valence-corrected chi connectivity index (χ0v) is 19.2. The van der Waals surface area contributed by atoms with Gasteiger partial charge < -0.3 is 4.90 Å². The van der Waals surface area contributed by atoms with Crippen LogP contribution in [-0.4, -0.2) is 41.3 Å². The highest BCUT2D eigenvalue weighted by Gasteiger charge is 2.44. The molecule has 0 bridgehead atoms. The van der Waals surface area contributed by atoms with Gasteiger partial charge in [-0.2, -0.15) is 5.10 Å². The summed E-state index contributed by atoms with van der Waals surface area (Å²) in [6.07, 6.45) is 3.44. The molecule has 0 unspecified atom stereocenters. The first-order chi connectivity index (χ1) is 15.2. The number of amides is 1. The fraction of sp³-hybridized carbons (Fsp3) is 0.136. The number of hydrogen-bond acceptors (Lipinski definition) is 3. The molecule has 1 aliphatic rings. The Kier molecular flexibility index (Phi) is 4.74. The fourth-order valence-electron chi connectivity index (χ4n) is 4.37. The van der Waals surface area contributed by atoms with Crippen molar-refractivity contribution in [2.45, 2.75) is 11.9 Å². The number of benzene rings is 2. The minimum Gasteiger partial charge on any atom is -0.339 e. The van der Waals surface area contributed by atoms with Crippen LogP contribution in [0, 0.1) is 11.6 Å². The summed E-state index contributed by atoms with van der Waals surface area (Å²) in [4.78, 5) is 18.9. The third kappa shape index (κ3) is 3.16. The van der Waals surface area contributed by atoms with E-state index in [9.17, 15) is 4.79 Å². The standard InChI is InChI=1S/C22H17B2BrF2N4O/c1-30-9-15-13(3-2-4-19(15)29-30)11-5-17(26)16(18(27)6-11)10-31-21(32)14-7-12(25)8-28-20(14)22(31,23)24/h2-9H,10,23-24H2,1H3. The maximum atomic E-state index is 15.2. The molecule has 1 aliphatic heterocycles. The lowest BCUT2D eigenvalue weighted by molar-refractivity contribution is 0.0727. The Morgan fingerprint density at radius 3 is 2.56 bits per heavy atom. The van der Waals surface area contributed by atoms with Crippen molar-refractivity contribution in [3.05, 3.63) is 81.7 Å². The Morgan fingerprint density at radius 2 is 1.84 bits per heavy atom. The largest absolute Gasteiger partial charge is 0.339 e. The van der Waals surface area contributed by atoms with Gasteiger partial charge in [-0.1, -0.05) is 12.1 Å². The van der Waals surface area contributed by atoms with Crippen LogP contribution < -0.4 is 0 Å². The molecular weight excluding hydrogens is 476 g/mol. The second-order valence-corrected chi connectivity index (χ2v) is 9.38. The van der Waals surface area contributed by atoms with Crippen LogP contribution in [0.5, 0.6) is 0 Å². The number of halogens is 3. The molecule has 32 heavy (non-hydrogen) atoms. The number of rotatable bonds is 3. The van der Waals surface area contributed by atoms with E-state index in [1.165, 1.54) is 17.0 Å². The molecule has 0 atom stereocenters. The van der Waals surface area contributed by atoms with E-state index in [2.05, 4.69) is 26.0 Å². The van der Waals surface area contributed by atoms with Gasteiger partial charge in [0.05, 0.1) is 23.3 Å². The molecule has 0 aliphatic carbocycles. The SMILES string of the molecule is BC1(B)c2ncc(Br)cc2C(=O)N1Cc1c(F)cc(-c2cccc3nn(C)cc23)cc1F. The van der Waals surface area contributed by atoms with E-state index in [1.54, 1.807) is 24.0 Å². The van der Waals surface area contributed by atoms with Crippen LogP contribution in [0.4, 0.5) is 8.78 Å². The monoisotopic (exact) mass is 492 g/mol. The van der Waals surface area contributed by atoms with Crippen LogP contribution in [0.1, 0.15) is 21.6 Å². The molecule has 0 N–H and O–H groups in total. The molecule has 0 fully saturated rings. The average Bonchev–Trinajstić information content (AvgIpc) is 3.19. The first-order valence-corrected chi connectivity index (χ1v) is 10.8. The molecule has 0 spiro atoms. The predicted molar refractivity (Wildman–Crippen MR) is 127 cm³/mol. The van der Waals surface area contributed by atoms with Crippen LogP contribution in [0.3, 0.4) is 0 Å². The molecule has 0 saturated carbocycles. The smallest absolute Gasteiger partial charge is 0.255 e. The van der Waals surface area contributed by atoms with Gasteiger partial charge in [-0.25, -0.2) is 8.78 Å². The second-order valence-electron chi connectivity index (χ2n) is 8.46. The van der Waals surface area contributed by atoms with Gasteiger partial charge in [0.1, 0.15) is 27.3 Å². The van der Waals surface area contributed by atoms with E-state index in [1.807, 2.05) is 40.1 Å². The number of pyridine rings is 1. The zero-order chi connectivity index (χ0) is 22.8. The van der Waals surface area contributed by atoms with Crippen molar-refractivity contribution >= 4 is 48.4 Å². The Bertz CT molecular complexity index is 1400. The van der Waals surface area contributed by atoms with E-state index in [4.69, 9.17) is 0 Å². The molecule has 10 heteroatoms. The maximum Gasteiger partial charge on any atom is 0.255 e. The minimum absolute atomic E-state index is 0.152. The highest BCUT2D eigenvalue weighted by Crippen LogP contribution is 2.37. The van der Waals surface area contributed by atoms with Gasteiger partial charge in [-0.05, 0) is 51.3 Å². The molecule has 1 amide bonds. The predicted octanol–water partition coefficient (Wildman–Crippen LogP) is 2.71. The molecule has 3 heterocycles. The molecule has 2 aromatic heterocycles. The minimum atomic E-state index is -0.800. The van der Waals surface area contributed by atoms with Crippen LogP contribution in [0.25, 0.3) is 22.0 Å². The van der Waals surface area contributed by atoms with Gasteiger partial charge in [-0.15, -0.1) is 0 Å². The summed E-state index contributed by atoms with van der Waals surface area (Å²) in [5.41, 5.74) is 2.73. The quantitative estimate of drug-likeness (QED) is 0.413. The van der Waals surface area contributed by atoms with Crippen molar-refractivity contribution in [1.29, 1.82) is 0 Å². The number of carbonyl (C=O) groups is 1. The van der Waals surface area contributed by atoms with E-state index in [-0.39, 0.29) is 18.0 Å². The summed E-state index contributed by atoms with van der Waals surface area (Å²) in [6.45, 7) is -0.200. The molecular formula is C22H17B2BrF2N4O. The molecule has 0 saturated heterocycles. The lowest BCUT2D eigenvalue weighted by atomic mass is 9.59. The topological polar surface area (TPSA) is 51.0 Å². The number of nitrogens with zero attached hydrogens (tertiary/aromatic N) is 4. The highest BCUT2D eigenvalue weighted by atomic mass is 79.9. The summed E-state index contributed by atoms with van der Waals surface area (Å²) in [6, 6.07) is 9.79. The Hall–Kier alpha value is -3.00. The second kappa shape index (κ2) is 7.27. The van der Waals surface area contributed by atoms with Crippen molar-refractivity contribution in [1.82, 2.24) is 19.7 Å². The summed E-state index contributed by atoms with van der Waals surface area (Å²) in [5, 5.41) is 4.37. The number of carbonyl (C=O) groups excluding carboxylic acids is 1. The van der Waals surface area contributed by atoms with Crippen molar-refractivity contribution in [3.8, 4) is 11.1 Å². The Labute approximate surface area is 193 Å². The summed E-state index contributed by atoms with van der Waals surface area (Å²) < 4.78 is 32.8. The molecule has 0 radical (unpaired) electrons. The molecule has 2 aromatic carbocycles. The first kappa shape index (κ1) is 20.9. The zero-order valence-electron chi connectivity index (χ0n) is 17.7. The van der Waals surface area contributed by atoms with Gasteiger partial charge in [0, 0.05) is 40.2 Å². The lowest BCUT2D eigenvalue weighted by Gasteiger charge is -2.32. The third-order valence-electron chi connectivity index (χ3n) is 6.02. The van der Waals surface area contributed by atoms with Crippen LogP contribution >= 0.6 is 15.9 Å². The Morgan fingerprint density at radius 1 is 1.12 bits per heavy atom. The van der Waals surface area contributed by atoms with Gasteiger partial charge in [0.2, 0.25) is 0 Å². The lowest BCUT2D eigenvalue weighted by Crippen LogP contribution is -2.45. The number of aromatic nitrogens is 3. The van der Waals surface area contributed by atoms with Crippen molar-refractivity contribution in [2.24, 2.45) is 7.05 Å². The van der Waals surface area contributed by atoms with Crippen LogP contribution in [0.15, 0.2) is 53.3 Å². The van der Waals surface area contributed by atoms with E-state index in [0.717, 1.165) is 10.9 Å².